The molecule has 1 aliphatic rings. The lowest BCUT2D eigenvalue weighted by atomic mass is 9.94. The van der Waals surface area contributed by atoms with Gasteiger partial charge in [-0.05, 0) is 65.8 Å². The van der Waals surface area contributed by atoms with Crippen LogP contribution in [0.2, 0.25) is 10.0 Å². The van der Waals surface area contributed by atoms with Crippen LogP contribution in [0.3, 0.4) is 0 Å². The van der Waals surface area contributed by atoms with Crippen molar-refractivity contribution in [2.75, 3.05) is 24.1 Å². The minimum atomic E-state index is -0.246. The summed E-state index contributed by atoms with van der Waals surface area (Å²) in [6, 6.07) is 22.6. The highest BCUT2D eigenvalue weighted by atomic mass is 35.5. The Bertz CT molecular complexity index is 1420. The monoisotopic (exact) mass is 503 g/mol. The van der Waals surface area contributed by atoms with Crippen molar-refractivity contribution in [1.82, 2.24) is 4.90 Å². The van der Waals surface area contributed by atoms with Crippen LogP contribution in [-0.2, 0) is 6.42 Å². The second-order valence-electron chi connectivity index (χ2n) is 8.60. The largest absolute Gasteiger partial charge is 0.398 e. The van der Waals surface area contributed by atoms with Crippen LogP contribution >= 0.6 is 23.2 Å². The van der Waals surface area contributed by atoms with Gasteiger partial charge in [0.15, 0.2) is 0 Å². The zero-order chi connectivity index (χ0) is 24.5. The van der Waals surface area contributed by atoms with E-state index in [1.807, 2.05) is 54.6 Å². The van der Waals surface area contributed by atoms with Crippen LogP contribution in [0.5, 0.6) is 0 Å². The molecule has 0 atom stereocenters. The molecule has 0 bridgehead atoms. The van der Waals surface area contributed by atoms with Crippen molar-refractivity contribution in [3.05, 3.63) is 105 Å². The van der Waals surface area contributed by atoms with Crippen LogP contribution in [0.15, 0.2) is 72.8 Å². The summed E-state index contributed by atoms with van der Waals surface area (Å²) in [4.78, 5) is 27.3. The van der Waals surface area contributed by atoms with Gasteiger partial charge < -0.3 is 11.1 Å². The first-order valence-corrected chi connectivity index (χ1v) is 12.1. The summed E-state index contributed by atoms with van der Waals surface area (Å²) in [7, 11) is 0. The van der Waals surface area contributed by atoms with Crippen molar-refractivity contribution in [3.63, 3.8) is 0 Å². The van der Waals surface area contributed by atoms with Gasteiger partial charge in [0.25, 0.3) is 11.8 Å². The van der Waals surface area contributed by atoms with Gasteiger partial charge in [0.2, 0.25) is 0 Å². The maximum Gasteiger partial charge on any atom is 0.261 e. The molecule has 0 unspecified atom stereocenters. The molecule has 0 spiro atoms. The highest BCUT2D eigenvalue weighted by Crippen LogP contribution is 2.30. The number of rotatable bonds is 7. The van der Waals surface area contributed by atoms with Gasteiger partial charge in [-0.25, -0.2) is 0 Å². The van der Waals surface area contributed by atoms with Crippen LogP contribution in [0.25, 0.3) is 10.8 Å². The topological polar surface area (TPSA) is 75.4 Å². The minimum absolute atomic E-state index is 0.246. The summed E-state index contributed by atoms with van der Waals surface area (Å²) in [5.74, 6) is -0.492. The van der Waals surface area contributed by atoms with Crippen LogP contribution in [-0.4, -0.2) is 29.8 Å². The number of benzene rings is 4. The third kappa shape index (κ3) is 4.57. The van der Waals surface area contributed by atoms with E-state index in [1.165, 1.54) is 4.90 Å². The molecule has 0 radical (unpaired) electrons. The molecule has 5 rings (SSSR count). The van der Waals surface area contributed by atoms with Gasteiger partial charge >= 0.3 is 0 Å². The Labute approximate surface area is 213 Å². The fourth-order valence-corrected chi connectivity index (χ4v) is 4.95. The fraction of sp³-hybridized carbons (Fsp3) is 0.143. The molecule has 7 heteroatoms. The van der Waals surface area contributed by atoms with Gasteiger partial charge in [-0.3, -0.25) is 14.5 Å². The standard InChI is InChI=1S/C28H23Cl2N3O2/c29-22-15-17(8-10-24(22)31)14-18-9-11-25(23(30)16-18)32-12-3-13-33-27(34)20-6-1-4-19-5-2-7-21(26(19)20)28(33)35/h1-2,4-11,15-16,32H,3,12-14,31H2. The average Bonchev–Trinajstić information content (AvgIpc) is 2.85. The lowest BCUT2D eigenvalue weighted by molar-refractivity contribution is 0.0610. The number of nitrogens with one attached hydrogen (secondary N) is 1. The molecule has 4 aromatic carbocycles. The number of nitrogen functional groups attached to an aromatic ring is 1. The van der Waals surface area contributed by atoms with E-state index in [2.05, 4.69) is 5.32 Å². The molecular formula is C28H23Cl2N3O2. The molecule has 0 fully saturated rings. The summed E-state index contributed by atoms with van der Waals surface area (Å²) in [5.41, 5.74) is 10.4. The SMILES string of the molecule is Nc1ccc(Cc2ccc(NCCCN3C(=O)c4cccc5cccc(c45)C3=O)c(Cl)c2)cc1Cl. The minimum Gasteiger partial charge on any atom is -0.398 e. The van der Waals surface area contributed by atoms with Crippen molar-refractivity contribution in [3.8, 4) is 0 Å². The number of hydrogen-bond acceptors (Lipinski definition) is 4. The number of amides is 2. The summed E-state index contributed by atoms with van der Waals surface area (Å²) < 4.78 is 0. The number of anilines is 2. The van der Waals surface area contributed by atoms with Crippen LogP contribution < -0.4 is 11.1 Å². The Kier molecular flexibility index (Phi) is 6.37. The van der Waals surface area contributed by atoms with E-state index in [-0.39, 0.29) is 11.8 Å². The zero-order valence-electron chi connectivity index (χ0n) is 18.9. The first kappa shape index (κ1) is 23.2. The third-order valence-corrected chi connectivity index (χ3v) is 6.88. The molecule has 176 valence electrons. The highest BCUT2D eigenvalue weighted by molar-refractivity contribution is 6.33. The lowest BCUT2D eigenvalue weighted by Crippen LogP contribution is -2.41. The predicted octanol–water partition coefficient (Wildman–Crippen LogP) is 6.42. The normalized spacial score (nSPS) is 12.9. The second-order valence-corrected chi connectivity index (χ2v) is 9.41. The van der Waals surface area contributed by atoms with Gasteiger partial charge in [-0.1, -0.05) is 59.6 Å². The van der Waals surface area contributed by atoms with Crippen LogP contribution in [0.1, 0.15) is 38.3 Å². The third-order valence-electron chi connectivity index (χ3n) is 6.24. The van der Waals surface area contributed by atoms with Gasteiger partial charge in [-0.2, -0.15) is 0 Å². The predicted molar refractivity (Wildman–Crippen MR) is 143 cm³/mol. The first-order valence-electron chi connectivity index (χ1n) is 11.4. The molecule has 0 saturated carbocycles. The molecule has 5 nitrogen and oxygen atoms in total. The van der Waals surface area contributed by atoms with Crippen molar-refractivity contribution in [2.45, 2.75) is 12.8 Å². The Balaban J connectivity index is 1.20. The number of imide groups is 1. The maximum absolute atomic E-state index is 13.0. The van der Waals surface area contributed by atoms with E-state index in [9.17, 15) is 9.59 Å². The molecule has 0 aliphatic carbocycles. The van der Waals surface area contributed by atoms with Crippen molar-refractivity contribution in [1.29, 1.82) is 0 Å². The van der Waals surface area contributed by atoms with Gasteiger partial charge in [-0.15, -0.1) is 0 Å². The Morgan fingerprint density at radius 2 is 1.43 bits per heavy atom. The fourth-order valence-electron chi connectivity index (χ4n) is 4.47. The summed E-state index contributed by atoms with van der Waals surface area (Å²) in [5, 5.41) is 6.10. The number of carbonyl (C=O) groups excluding carboxylic acids is 2. The average molecular weight is 504 g/mol. The number of nitrogens with zero attached hydrogens (tertiary/aromatic N) is 1. The maximum atomic E-state index is 13.0. The molecule has 3 N–H and O–H groups in total. The van der Waals surface area contributed by atoms with Crippen molar-refractivity contribution in [2.24, 2.45) is 0 Å². The molecule has 0 saturated heterocycles. The van der Waals surface area contributed by atoms with E-state index < -0.39 is 0 Å². The van der Waals surface area contributed by atoms with E-state index in [4.69, 9.17) is 28.9 Å². The zero-order valence-corrected chi connectivity index (χ0v) is 20.4. The van der Waals surface area contributed by atoms with Crippen LogP contribution in [0, 0.1) is 0 Å². The van der Waals surface area contributed by atoms with E-state index >= 15 is 0 Å². The smallest absolute Gasteiger partial charge is 0.261 e. The Morgan fingerprint density at radius 3 is 2.06 bits per heavy atom. The second kappa shape index (κ2) is 9.61. The molecule has 1 aliphatic heterocycles. The van der Waals surface area contributed by atoms with Gasteiger partial charge in [0.05, 0.1) is 21.4 Å². The summed E-state index contributed by atoms with van der Waals surface area (Å²) >= 11 is 12.6. The lowest BCUT2D eigenvalue weighted by Gasteiger charge is -2.27. The number of nitrogens with two attached hydrogens (primary N) is 1. The summed E-state index contributed by atoms with van der Waals surface area (Å²) in [6.07, 6.45) is 1.28. The van der Waals surface area contributed by atoms with Crippen molar-refractivity contribution >= 4 is 57.2 Å². The molecular weight excluding hydrogens is 481 g/mol. The molecule has 1 heterocycles. The molecule has 2 amide bonds. The number of hydrogen-bond donors (Lipinski definition) is 2. The highest BCUT2D eigenvalue weighted by Gasteiger charge is 2.32. The molecule has 0 aromatic heterocycles. The number of halogens is 2. The summed E-state index contributed by atoms with van der Waals surface area (Å²) in [6.45, 7) is 0.887. The first-order chi connectivity index (χ1) is 16.9. The van der Waals surface area contributed by atoms with E-state index in [0.717, 1.165) is 27.6 Å². The van der Waals surface area contributed by atoms with Crippen molar-refractivity contribution < 1.29 is 9.59 Å². The Morgan fingerprint density at radius 1 is 0.800 bits per heavy atom. The Hall–Kier alpha value is -3.54. The number of carbonyl (C=O) groups is 2. The molecule has 4 aromatic rings. The van der Waals surface area contributed by atoms with Gasteiger partial charge in [0.1, 0.15) is 0 Å². The van der Waals surface area contributed by atoms with Gasteiger partial charge in [0, 0.05) is 29.6 Å². The van der Waals surface area contributed by atoms with E-state index in [1.54, 1.807) is 18.2 Å². The van der Waals surface area contributed by atoms with Crippen LogP contribution in [0.4, 0.5) is 11.4 Å². The van der Waals surface area contributed by atoms with E-state index in [0.29, 0.717) is 52.8 Å². The quantitative estimate of drug-likeness (QED) is 0.173. The molecule has 35 heavy (non-hydrogen) atoms.